The zero-order valence-electron chi connectivity index (χ0n) is 17.4. The van der Waals surface area contributed by atoms with Crippen molar-refractivity contribution in [1.82, 2.24) is 15.6 Å². The van der Waals surface area contributed by atoms with Gasteiger partial charge in [-0.15, -0.1) is 0 Å². The highest BCUT2D eigenvalue weighted by Crippen LogP contribution is 2.32. The quantitative estimate of drug-likeness (QED) is 0.508. The molecule has 1 aromatic heterocycles. The van der Waals surface area contributed by atoms with E-state index in [1.54, 1.807) is 38.4 Å². The molecule has 29 heavy (non-hydrogen) atoms. The lowest BCUT2D eigenvalue weighted by molar-refractivity contribution is -0.0520. The summed E-state index contributed by atoms with van der Waals surface area (Å²) in [4.78, 5) is 8.38. The van der Waals surface area contributed by atoms with Crippen molar-refractivity contribution in [2.45, 2.75) is 52.8 Å². The fourth-order valence-electron chi connectivity index (χ4n) is 2.49. The Bertz CT molecular complexity index is 816. The number of hydrogen-bond donors (Lipinski definition) is 2. The second-order valence-electron chi connectivity index (χ2n) is 7.20. The Morgan fingerprint density at radius 3 is 2.55 bits per heavy atom. The van der Waals surface area contributed by atoms with Gasteiger partial charge in [-0.2, -0.15) is 8.78 Å². The lowest BCUT2D eigenvalue weighted by atomic mass is 9.94. The second kappa shape index (κ2) is 10.1. The van der Waals surface area contributed by atoms with E-state index in [-0.39, 0.29) is 23.5 Å². The van der Waals surface area contributed by atoms with Gasteiger partial charge in [0.05, 0.1) is 19.3 Å². The Balaban J connectivity index is 2.02. The number of hydrogen-bond acceptors (Lipinski definition) is 5. The van der Waals surface area contributed by atoms with Crippen LogP contribution in [-0.2, 0) is 18.5 Å². The van der Waals surface area contributed by atoms with Crippen molar-refractivity contribution < 1.29 is 22.7 Å². The van der Waals surface area contributed by atoms with Crippen molar-refractivity contribution >= 4 is 5.96 Å². The zero-order valence-corrected chi connectivity index (χ0v) is 17.4. The van der Waals surface area contributed by atoms with Crippen LogP contribution in [0.1, 0.15) is 44.9 Å². The van der Waals surface area contributed by atoms with Gasteiger partial charge < -0.3 is 24.5 Å². The first-order chi connectivity index (χ1) is 13.7. The van der Waals surface area contributed by atoms with Crippen LogP contribution in [0, 0.1) is 0 Å². The Kier molecular flexibility index (Phi) is 7.81. The molecule has 7 nitrogen and oxygen atoms in total. The van der Waals surface area contributed by atoms with Crippen LogP contribution in [0.5, 0.6) is 11.5 Å². The molecule has 1 aromatic carbocycles. The van der Waals surface area contributed by atoms with Crippen molar-refractivity contribution in [3.05, 3.63) is 41.6 Å². The number of aliphatic imine (C=N–C) groups is 1. The molecule has 0 radical (unpaired) electrons. The minimum atomic E-state index is -2.95. The average Bonchev–Trinajstić information content (AvgIpc) is 3.13. The van der Waals surface area contributed by atoms with E-state index in [0.29, 0.717) is 30.6 Å². The topological polar surface area (TPSA) is 80.9 Å². The molecule has 0 atom stereocenters. The minimum Gasteiger partial charge on any atom is -0.490 e. The molecule has 0 fully saturated rings. The SMILES string of the molecule is CCOc1cccc(CNC(=NC)NCc2ncc(C(C)(C)C)o2)c1OC(F)F. The lowest BCUT2D eigenvalue weighted by Crippen LogP contribution is -2.36. The van der Waals surface area contributed by atoms with Gasteiger partial charge in [0.15, 0.2) is 17.5 Å². The van der Waals surface area contributed by atoms with E-state index in [0.717, 1.165) is 5.76 Å². The molecule has 2 rings (SSSR count). The van der Waals surface area contributed by atoms with E-state index in [1.165, 1.54) is 0 Å². The fourth-order valence-corrected chi connectivity index (χ4v) is 2.49. The molecule has 0 aliphatic heterocycles. The van der Waals surface area contributed by atoms with Gasteiger partial charge in [0, 0.05) is 24.6 Å². The molecule has 0 aliphatic rings. The molecule has 160 valence electrons. The van der Waals surface area contributed by atoms with Gasteiger partial charge in [-0.3, -0.25) is 4.99 Å². The van der Waals surface area contributed by atoms with Crippen LogP contribution in [-0.4, -0.2) is 31.2 Å². The molecular formula is C20H28F2N4O3. The van der Waals surface area contributed by atoms with Crippen LogP contribution in [0.15, 0.2) is 33.8 Å². The predicted octanol–water partition coefficient (Wildman–Crippen LogP) is 3.84. The number of rotatable bonds is 8. The maximum Gasteiger partial charge on any atom is 0.387 e. The van der Waals surface area contributed by atoms with Crippen LogP contribution < -0.4 is 20.1 Å². The van der Waals surface area contributed by atoms with Gasteiger partial charge in [-0.25, -0.2) is 4.98 Å². The van der Waals surface area contributed by atoms with Crippen molar-refractivity contribution in [1.29, 1.82) is 0 Å². The maximum atomic E-state index is 12.8. The molecule has 1 heterocycles. The van der Waals surface area contributed by atoms with Crippen LogP contribution >= 0.6 is 0 Å². The molecule has 0 aliphatic carbocycles. The largest absolute Gasteiger partial charge is 0.490 e. The summed E-state index contributed by atoms with van der Waals surface area (Å²) < 4.78 is 41.5. The number of halogens is 2. The molecule has 9 heteroatoms. The van der Waals surface area contributed by atoms with E-state index in [4.69, 9.17) is 9.15 Å². The fraction of sp³-hybridized carbons (Fsp3) is 0.500. The van der Waals surface area contributed by atoms with Gasteiger partial charge in [0.1, 0.15) is 5.76 Å². The van der Waals surface area contributed by atoms with Gasteiger partial charge in [-0.05, 0) is 13.0 Å². The number of guanidine groups is 1. The third-order valence-electron chi connectivity index (χ3n) is 3.94. The molecule has 2 aromatic rings. The van der Waals surface area contributed by atoms with E-state index in [1.807, 2.05) is 20.8 Å². The number of oxazole rings is 1. The smallest absolute Gasteiger partial charge is 0.387 e. The van der Waals surface area contributed by atoms with E-state index < -0.39 is 6.61 Å². The summed E-state index contributed by atoms with van der Waals surface area (Å²) in [6.45, 7) is 5.83. The maximum absolute atomic E-state index is 12.8. The van der Waals surface area contributed by atoms with E-state index in [9.17, 15) is 8.78 Å². The average molecular weight is 410 g/mol. The third-order valence-corrected chi connectivity index (χ3v) is 3.94. The molecule has 0 bridgehead atoms. The predicted molar refractivity (Wildman–Crippen MR) is 106 cm³/mol. The van der Waals surface area contributed by atoms with Crippen molar-refractivity contribution in [3.63, 3.8) is 0 Å². The monoisotopic (exact) mass is 410 g/mol. The number of para-hydroxylation sites is 1. The van der Waals surface area contributed by atoms with Crippen molar-refractivity contribution in [2.75, 3.05) is 13.7 Å². The summed E-state index contributed by atoms with van der Waals surface area (Å²) in [6, 6.07) is 4.99. The number of benzene rings is 1. The van der Waals surface area contributed by atoms with Crippen molar-refractivity contribution in [2.24, 2.45) is 4.99 Å². The van der Waals surface area contributed by atoms with E-state index >= 15 is 0 Å². The summed E-state index contributed by atoms with van der Waals surface area (Å²) in [5.41, 5.74) is 0.392. The third kappa shape index (κ3) is 6.62. The van der Waals surface area contributed by atoms with Gasteiger partial charge in [-0.1, -0.05) is 32.9 Å². The molecule has 2 N–H and O–H groups in total. The van der Waals surface area contributed by atoms with Gasteiger partial charge in [0.2, 0.25) is 5.89 Å². The molecule has 0 saturated heterocycles. The minimum absolute atomic E-state index is 0.00910. The van der Waals surface area contributed by atoms with Gasteiger partial charge in [0.25, 0.3) is 0 Å². The van der Waals surface area contributed by atoms with Crippen LogP contribution in [0.25, 0.3) is 0 Å². The summed E-state index contributed by atoms with van der Waals surface area (Å²) in [7, 11) is 1.61. The standard InChI is InChI=1S/C20H28F2N4O3/c1-6-27-14-9-7-8-13(17(14)29-18(21)22)10-25-19(23-5)26-12-16-24-11-15(28-16)20(2,3)4/h7-9,11,18H,6,10,12H2,1-5H3,(H2,23,25,26). The number of alkyl halides is 2. The lowest BCUT2D eigenvalue weighted by Gasteiger charge is -2.17. The zero-order chi connectivity index (χ0) is 21.4. The molecular weight excluding hydrogens is 382 g/mol. The first-order valence-corrected chi connectivity index (χ1v) is 9.33. The second-order valence-corrected chi connectivity index (χ2v) is 7.20. The van der Waals surface area contributed by atoms with Crippen LogP contribution in [0.4, 0.5) is 8.78 Å². The van der Waals surface area contributed by atoms with Crippen LogP contribution in [0.2, 0.25) is 0 Å². The first-order valence-electron chi connectivity index (χ1n) is 9.33. The number of aromatic nitrogens is 1. The summed E-state index contributed by atoms with van der Waals surface area (Å²) in [5, 5.41) is 6.15. The molecule has 0 amide bonds. The normalized spacial score (nSPS) is 12.2. The summed E-state index contributed by atoms with van der Waals surface area (Å²) >= 11 is 0. The highest BCUT2D eigenvalue weighted by molar-refractivity contribution is 5.79. The highest BCUT2D eigenvalue weighted by Gasteiger charge is 2.19. The highest BCUT2D eigenvalue weighted by atomic mass is 19.3. The summed E-state index contributed by atoms with van der Waals surface area (Å²) in [5.74, 6) is 2.06. The molecule has 0 unspecified atom stereocenters. The Morgan fingerprint density at radius 1 is 1.24 bits per heavy atom. The number of nitrogens with zero attached hydrogens (tertiary/aromatic N) is 2. The summed E-state index contributed by atoms with van der Waals surface area (Å²) in [6.07, 6.45) is 1.71. The molecule has 0 spiro atoms. The Morgan fingerprint density at radius 2 is 1.97 bits per heavy atom. The van der Waals surface area contributed by atoms with Crippen molar-refractivity contribution in [3.8, 4) is 11.5 Å². The Hall–Kier alpha value is -2.84. The number of ether oxygens (including phenoxy) is 2. The van der Waals surface area contributed by atoms with Crippen LogP contribution in [0.3, 0.4) is 0 Å². The molecule has 0 saturated carbocycles. The first kappa shape index (κ1) is 22.4. The Labute approximate surface area is 169 Å². The van der Waals surface area contributed by atoms with E-state index in [2.05, 4.69) is 25.3 Å². The van der Waals surface area contributed by atoms with Gasteiger partial charge >= 0.3 is 6.61 Å². The number of nitrogens with one attached hydrogen (secondary N) is 2.